The number of methoxy groups -OCH3 is 1. The van der Waals surface area contributed by atoms with Gasteiger partial charge in [0.25, 0.3) is 5.91 Å². The lowest BCUT2D eigenvalue weighted by atomic mass is 10.0. The van der Waals surface area contributed by atoms with Crippen molar-refractivity contribution in [3.8, 4) is 16.6 Å². The van der Waals surface area contributed by atoms with Gasteiger partial charge in [0.1, 0.15) is 5.69 Å². The van der Waals surface area contributed by atoms with Gasteiger partial charge in [-0.3, -0.25) is 4.79 Å². The molecule has 14 heteroatoms. The summed E-state index contributed by atoms with van der Waals surface area (Å²) in [5.74, 6) is -0.126. The van der Waals surface area contributed by atoms with Crippen LogP contribution >= 0.6 is 34.5 Å². The predicted octanol–water partition coefficient (Wildman–Crippen LogP) is 3.62. The van der Waals surface area contributed by atoms with Crippen LogP contribution in [0, 0.1) is 6.92 Å². The molecule has 0 aromatic carbocycles. The lowest BCUT2D eigenvalue weighted by Crippen LogP contribution is -2.55. The van der Waals surface area contributed by atoms with E-state index in [9.17, 15) is 9.59 Å². The van der Waals surface area contributed by atoms with Crippen molar-refractivity contribution in [2.75, 3.05) is 25.1 Å². The maximum Gasteiger partial charge on any atom is 0.512 e. The van der Waals surface area contributed by atoms with Crippen molar-refractivity contribution in [3.05, 3.63) is 39.9 Å². The fraction of sp³-hybridized carbons (Fsp3) is 0.350. The number of anilines is 1. The number of halogens is 2. The van der Waals surface area contributed by atoms with Gasteiger partial charge in [-0.2, -0.15) is 0 Å². The maximum atomic E-state index is 12.8. The number of nitrogens with zero attached hydrogens (tertiary/aromatic N) is 4. The van der Waals surface area contributed by atoms with Crippen LogP contribution < -0.4 is 15.0 Å². The number of carbonyl (C=O) groups excluding carboxylic acids is 1. The summed E-state index contributed by atoms with van der Waals surface area (Å²) >= 11 is 13.3. The molecule has 1 amide bonds. The topological polar surface area (TPSA) is 143 Å². The van der Waals surface area contributed by atoms with E-state index in [2.05, 4.69) is 25.3 Å². The molecule has 3 aromatic heterocycles. The molecule has 0 radical (unpaired) electrons. The van der Waals surface area contributed by atoms with Crippen molar-refractivity contribution in [2.24, 2.45) is 0 Å². The fourth-order valence-corrected chi connectivity index (χ4v) is 4.97. The normalized spacial score (nSPS) is 18.1. The third kappa shape index (κ3) is 4.94. The van der Waals surface area contributed by atoms with E-state index >= 15 is 0 Å². The summed E-state index contributed by atoms with van der Waals surface area (Å²) in [6.45, 7) is 2.65. The summed E-state index contributed by atoms with van der Waals surface area (Å²) in [6.07, 6.45) is 1.79. The standard InChI is InChI=1S/C20H20Cl2N6O5S/c1-9-12(21)13(22)14(25-9)17(29)26-10-4-7-28(8-11(10)32-2)19-27-15(16-23-5-3-6-24-16)18(34-19)33-20(30)31/h3,5-6,10-11,25H,4,7-8H2,1-2H3,(H,26,29)(H,30,31)/t10-,11+/m1/s1. The number of ether oxygens (including phenoxy) is 2. The monoisotopic (exact) mass is 526 g/mol. The van der Waals surface area contributed by atoms with E-state index in [1.54, 1.807) is 20.1 Å². The molecule has 3 N–H and O–H groups in total. The molecular formula is C20H20Cl2N6O5S. The average molecular weight is 527 g/mol. The van der Waals surface area contributed by atoms with Crippen LogP contribution in [0.25, 0.3) is 11.5 Å². The van der Waals surface area contributed by atoms with Gasteiger partial charge in [-0.05, 0) is 19.4 Å². The number of aromatic amines is 1. The highest BCUT2D eigenvalue weighted by molar-refractivity contribution is 7.18. The molecule has 1 aliphatic rings. The van der Waals surface area contributed by atoms with Crippen LogP contribution in [0.2, 0.25) is 10.0 Å². The van der Waals surface area contributed by atoms with Gasteiger partial charge in [0.2, 0.25) is 5.06 Å². The third-order valence-corrected chi connectivity index (χ3v) is 7.21. The van der Waals surface area contributed by atoms with Gasteiger partial charge >= 0.3 is 6.16 Å². The van der Waals surface area contributed by atoms with Gasteiger partial charge in [-0.15, -0.1) is 0 Å². The Bertz CT molecular complexity index is 1200. The van der Waals surface area contributed by atoms with Gasteiger partial charge in [0.05, 0.1) is 22.2 Å². The van der Waals surface area contributed by atoms with E-state index in [4.69, 9.17) is 37.8 Å². The number of piperidine rings is 1. The zero-order valence-electron chi connectivity index (χ0n) is 18.0. The minimum atomic E-state index is -1.46. The van der Waals surface area contributed by atoms with Crippen LogP contribution in [-0.2, 0) is 4.74 Å². The first-order chi connectivity index (χ1) is 16.3. The second kappa shape index (κ2) is 10.1. The summed E-state index contributed by atoms with van der Waals surface area (Å²) in [7, 11) is 1.56. The molecule has 0 spiro atoms. The van der Waals surface area contributed by atoms with E-state index in [0.717, 1.165) is 11.3 Å². The van der Waals surface area contributed by atoms with Crippen molar-refractivity contribution in [2.45, 2.75) is 25.5 Å². The first kappa shape index (κ1) is 24.2. The van der Waals surface area contributed by atoms with Gasteiger partial charge in [-0.1, -0.05) is 34.5 Å². The van der Waals surface area contributed by atoms with Crippen molar-refractivity contribution >= 4 is 51.7 Å². The Kier molecular flexibility index (Phi) is 7.22. The molecule has 180 valence electrons. The predicted molar refractivity (Wildman–Crippen MR) is 126 cm³/mol. The number of hydrogen-bond acceptors (Lipinski definition) is 9. The first-order valence-electron chi connectivity index (χ1n) is 10.1. The maximum absolute atomic E-state index is 12.8. The third-order valence-electron chi connectivity index (χ3n) is 5.27. The molecular weight excluding hydrogens is 507 g/mol. The molecule has 0 aliphatic carbocycles. The molecule has 4 rings (SSSR count). The number of rotatable bonds is 6. The Balaban J connectivity index is 1.51. The number of aromatic nitrogens is 4. The lowest BCUT2D eigenvalue weighted by molar-refractivity contribution is 0.0540. The Morgan fingerprint density at radius 1 is 1.29 bits per heavy atom. The summed E-state index contributed by atoms with van der Waals surface area (Å²) in [5, 5.41) is 13.2. The van der Waals surface area contributed by atoms with Crippen LogP contribution in [0.1, 0.15) is 22.6 Å². The molecule has 11 nitrogen and oxygen atoms in total. The number of nitrogens with one attached hydrogen (secondary N) is 2. The number of carboxylic acid groups (broad SMARTS) is 1. The fourth-order valence-electron chi connectivity index (χ4n) is 3.60. The van der Waals surface area contributed by atoms with Crippen LogP contribution in [0.15, 0.2) is 18.5 Å². The van der Waals surface area contributed by atoms with E-state index in [0.29, 0.717) is 35.4 Å². The summed E-state index contributed by atoms with van der Waals surface area (Å²) in [4.78, 5) is 41.6. The summed E-state index contributed by atoms with van der Waals surface area (Å²) < 4.78 is 10.6. The second-order valence-electron chi connectivity index (χ2n) is 7.41. The van der Waals surface area contributed by atoms with Gasteiger partial charge in [0, 0.05) is 38.3 Å². The van der Waals surface area contributed by atoms with Crippen LogP contribution in [0.3, 0.4) is 0 Å². The summed E-state index contributed by atoms with van der Waals surface area (Å²) in [6, 6.07) is 1.35. The molecule has 1 aliphatic heterocycles. The van der Waals surface area contributed by atoms with E-state index in [1.807, 2.05) is 4.90 Å². The summed E-state index contributed by atoms with van der Waals surface area (Å²) in [5.41, 5.74) is 1.04. The molecule has 0 bridgehead atoms. The molecule has 3 aromatic rings. The number of aryl methyl sites for hydroxylation is 1. The van der Waals surface area contributed by atoms with Crippen molar-refractivity contribution in [1.29, 1.82) is 0 Å². The first-order valence-corrected chi connectivity index (χ1v) is 11.7. The van der Waals surface area contributed by atoms with Crippen LogP contribution in [0.5, 0.6) is 5.06 Å². The number of H-pyrrole nitrogens is 1. The SMILES string of the molecule is CO[C@H]1CN(c2nc(-c3ncccn3)c(OC(=O)O)s2)CC[C@H]1NC(=O)c1[nH]c(C)c(Cl)c1Cl. The molecule has 2 atom stereocenters. The van der Waals surface area contributed by atoms with E-state index in [-0.39, 0.29) is 45.4 Å². The van der Waals surface area contributed by atoms with Crippen LogP contribution in [-0.4, -0.2) is 69.5 Å². The molecule has 0 unspecified atom stereocenters. The Labute approximate surface area is 208 Å². The van der Waals surface area contributed by atoms with Crippen molar-refractivity contribution in [1.82, 2.24) is 25.3 Å². The van der Waals surface area contributed by atoms with E-state index < -0.39 is 6.16 Å². The van der Waals surface area contributed by atoms with Crippen molar-refractivity contribution in [3.63, 3.8) is 0 Å². The van der Waals surface area contributed by atoms with Crippen LogP contribution in [0.4, 0.5) is 9.93 Å². The minimum Gasteiger partial charge on any atom is -0.449 e. The zero-order chi connectivity index (χ0) is 24.4. The van der Waals surface area contributed by atoms with E-state index in [1.165, 1.54) is 12.4 Å². The zero-order valence-corrected chi connectivity index (χ0v) is 20.4. The number of carbonyl (C=O) groups is 2. The number of hydrogen-bond donors (Lipinski definition) is 3. The van der Waals surface area contributed by atoms with Gasteiger partial charge in [-0.25, -0.2) is 19.7 Å². The molecule has 1 saturated heterocycles. The average Bonchev–Trinajstić information content (AvgIpc) is 3.35. The number of amides is 1. The minimum absolute atomic E-state index is 0.0757. The van der Waals surface area contributed by atoms with Gasteiger partial charge in [0.15, 0.2) is 16.6 Å². The Hall–Kier alpha value is -2.93. The van der Waals surface area contributed by atoms with Gasteiger partial charge < -0.3 is 29.8 Å². The quantitative estimate of drug-likeness (QED) is 0.410. The molecule has 0 saturated carbocycles. The molecule has 4 heterocycles. The molecule has 1 fully saturated rings. The highest BCUT2D eigenvalue weighted by atomic mass is 35.5. The largest absolute Gasteiger partial charge is 0.512 e. The number of thiazole rings is 1. The Morgan fingerprint density at radius 2 is 2.03 bits per heavy atom. The second-order valence-corrected chi connectivity index (χ2v) is 9.11. The smallest absolute Gasteiger partial charge is 0.449 e. The Morgan fingerprint density at radius 3 is 2.65 bits per heavy atom. The molecule has 34 heavy (non-hydrogen) atoms. The highest BCUT2D eigenvalue weighted by Gasteiger charge is 2.34. The van der Waals surface area contributed by atoms with Crippen molar-refractivity contribution < 1.29 is 24.2 Å². The lowest BCUT2D eigenvalue weighted by Gasteiger charge is -2.37. The highest BCUT2D eigenvalue weighted by Crippen LogP contribution is 2.39.